The second-order valence-corrected chi connectivity index (χ2v) is 4.71. The molecule has 0 spiro atoms. The van der Waals surface area contributed by atoms with Crippen LogP contribution in [0, 0.1) is 5.41 Å². The summed E-state index contributed by atoms with van der Waals surface area (Å²) >= 11 is 0. The van der Waals surface area contributed by atoms with Crippen LogP contribution in [0.2, 0.25) is 0 Å². The maximum absolute atomic E-state index is 14.0. The molecule has 0 saturated carbocycles. The van der Waals surface area contributed by atoms with E-state index in [9.17, 15) is 9.50 Å². The number of methoxy groups -OCH3 is 1. The smallest absolute Gasteiger partial charge is 0.188 e. The summed E-state index contributed by atoms with van der Waals surface area (Å²) in [7, 11) is 1.32. The highest BCUT2D eigenvalue weighted by molar-refractivity contribution is 4.85. The second kappa shape index (κ2) is 4.38. The van der Waals surface area contributed by atoms with Crippen LogP contribution in [0.25, 0.3) is 0 Å². The van der Waals surface area contributed by atoms with E-state index >= 15 is 0 Å². The lowest BCUT2D eigenvalue weighted by Gasteiger charge is -2.33. The fourth-order valence-corrected chi connectivity index (χ4v) is 1.48. The average Bonchev–Trinajstić information content (AvgIpc) is 1.99. The Labute approximate surface area is 80.1 Å². The van der Waals surface area contributed by atoms with E-state index in [0.717, 1.165) is 0 Å². The molecule has 0 aliphatic rings. The number of halogens is 1. The molecular weight excluding hydrogens is 171 g/mol. The fourth-order valence-electron chi connectivity index (χ4n) is 1.48. The van der Waals surface area contributed by atoms with Crippen LogP contribution in [-0.4, -0.2) is 24.2 Å². The summed E-state index contributed by atoms with van der Waals surface area (Å²) in [5.74, 6) is 0. The summed E-state index contributed by atoms with van der Waals surface area (Å²) in [6.07, 6.45) is -0.762. The van der Waals surface area contributed by atoms with Gasteiger partial charge in [0.2, 0.25) is 0 Å². The number of aliphatic hydroxyl groups excluding tert-OH is 1. The molecule has 80 valence electrons. The molecule has 13 heavy (non-hydrogen) atoms. The third kappa shape index (κ3) is 4.05. The molecule has 2 nitrogen and oxygen atoms in total. The Morgan fingerprint density at radius 3 is 2.08 bits per heavy atom. The normalized spacial score (nSPS) is 19.6. The van der Waals surface area contributed by atoms with E-state index in [1.165, 1.54) is 7.11 Å². The standard InChI is InChI=1S/C10H21FO2/c1-6-10(11,8(12)13-5)7-9(2,3)4/h8,12H,6-7H2,1-5H3. The van der Waals surface area contributed by atoms with E-state index in [1.807, 2.05) is 20.8 Å². The predicted octanol–water partition coefficient (Wildman–Crippen LogP) is 2.51. The van der Waals surface area contributed by atoms with Gasteiger partial charge in [-0.1, -0.05) is 27.7 Å². The van der Waals surface area contributed by atoms with E-state index in [-0.39, 0.29) is 11.8 Å². The van der Waals surface area contributed by atoms with Gasteiger partial charge in [-0.2, -0.15) is 0 Å². The number of rotatable bonds is 4. The molecule has 0 amide bonds. The molecule has 0 aliphatic heterocycles. The molecule has 0 radical (unpaired) electrons. The van der Waals surface area contributed by atoms with Gasteiger partial charge in [-0.05, 0) is 18.3 Å². The number of hydrogen-bond acceptors (Lipinski definition) is 2. The molecule has 0 heterocycles. The fraction of sp³-hybridized carbons (Fsp3) is 1.00. The number of aliphatic hydroxyl groups is 1. The third-order valence-corrected chi connectivity index (χ3v) is 2.08. The topological polar surface area (TPSA) is 29.5 Å². The van der Waals surface area contributed by atoms with Crippen molar-refractivity contribution >= 4 is 0 Å². The summed E-state index contributed by atoms with van der Waals surface area (Å²) in [5.41, 5.74) is -1.78. The molecule has 0 aromatic rings. The summed E-state index contributed by atoms with van der Waals surface area (Å²) in [4.78, 5) is 0. The minimum atomic E-state index is -1.63. The molecule has 0 fully saturated rings. The molecule has 0 aromatic heterocycles. The van der Waals surface area contributed by atoms with Crippen LogP contribution in [0.3, 0.4) is 0 Å². The van der Waals surface area contributed by atoms with Crippen molar-refractivity contribution in [2.45, 2.75) is 52.5 Å². The Morgan fingerprint density at radius 2 is 1.85 bits per heavy atom. The molecule has 0 rings (SSSR count). The molecule has 0 bridgehead atoms. The second-order valence-electron chi connectivity index (χ2n) is 4.71. The Morgan fingerprint density at radius 1 is 1.38 bits per heavy atom. The zero-order valence-corrected chi connectivity index (χ0v) is 9.22. The van der Waals surface area contributed by atoms with Crippen LogP contribution < -0.4 is 0 Å². The quantitative estimate of drug-likeness (QED) is 0.693. The van der Waals surface area contributed by atoms with Crippen LogP contribution >= 0.6 is 0 Å². The SMILES string of the molecule is CCC(F)(CC(C)(C)C)C(O)OC. The molecule has 0 aliphatic carbocycles. The summed E-state index contributed by atoms with van der Waals surface area (Å²) in [6, 6.07) is 0. The van der Waals surface area contributed by atoms with Crippen molar-refractivity contribution in [3.8, 4) is 0 Å². The minimum Gasteiger partial charge on any atom is -0.365 e. The Balaban J connectivity index is 4.45. The van der Waals surface area contributed by atoms with Gasteiger partial charge in [-0.15, -0.1) is 0 Å². The monoisotopic (exact) mass is 192 g/mol. The van der Waals surface area contributed by atoms with Crippen LogP contribution in [-0.2, 0) is 4.74 Å². The van der Waals surface area contributed by atoms with Gasteiger partial charge in [-0.25, -0.2) is 4.39 Å². The van der Waals surface area contributed by atoms with Gasteiger partial charge in [0.1, 0.15) is 0 Å². The van der Waals surface area contributed by atoms with Crippen molar-refractivity contribution in [1.29, 1.82) is 0 Å². The summed E-state index contributed by atoms with van der Waals surface area (Å²) in [5, 5.41) is 9.34. The van der Waals surface area contributed by atoms with Gasteiger partial charge < -0.3 is 9.84 Å². The number of hydrogen-bond donors (Lipinski definition) is 1. The minimum absolute atomic E-state index is 0.149. The summed E-state index contributed by atoms with van der Waals surface area (Å²) < 4.78 is 18.7. The average molecular weight is 192 g/mol. The Hall–Kier alpha value is -0.150. The highest BCUT2D eigenvalue weighted by Crippen LogP contribution is 2.35. The van der Waals surface area contributed by atoms with E-state index in [1.54, 1.807) is 6.92 Å². The lowest BCUT2D eigenvalue weighted by atomic mass is 9.81. The van der Waals surface area contributed by atoms with Gasteiger partial charge in [0.15, 0.2) is 12.0 Å². The van der Waals surface area contributed by atoms with Crippen molar-refractivity contribution in [2.75, 3.05) is 7.11 Å². The molecule has 0 saturated heterocycles. The van der Waals surface area contributed by atoms with Crippen molar-refractivity contribution < 1.29 is 14.2 Å². The van der Waals surface area contributed by atoms with Gasteiger partial charge >= 0.3 is 0 Å². The molecule has 0 aromatic carbocycles. The number of alkyl halides is 1. The number of ether oxygens (including phenoxy) is 1. The molecular formula is C10H21FO2. The van der Waals surface area contributed by atoms with E-state index in [0.29, 0.717) is 6.42 Å². The highest BCUT2D eigenvalue weighted by atomic mass is 19.1. The molecule has 1 N–H and O–H groups in total. The Kier molecular flexibility index (Phi) is 4.33. The maximum atomic E-state index is 14.0. The summed E-state index contributed by atoms with van der Waals surface area (Å²) in [6.45, 7) is 7.55. The predicted molar refractivity (Wildman–Crippen MR) is 51.2 cm³/mol. The Bertz CT molecular complexity index is 153. The van der Waals surface area contributed by atoms with Crippen LogP contribution in [0.5, 0.6) is 0 Å². The van der Waals surface area contributed by atoms with E-state index < -0.39 is 12.0 Å². The van der Waals surface area contributed by atoms with Gasteiger partial charge in [0.25, 0.3) is 0 Å². The maximum Gasteiger partial charge on any atom is 0.188 e. The van der Waals surface area contributed by atoms with Gasteiger partial charge in [0.05, 0.1) is 0 Å². The van der Waals surface area contributed by atoms with Crippen LogP contribution in [0.4, 0.5) is 4.39 Å². The molecule has 3 heteroatoms. The first-order chi connectivity index (χ1) is 5.75. The third-order valence-electron chi connectivity index (χ3n) is 2.08. The van der Waals surface area contributed by atoms with Gasteiger partial charge in [-0.3, -0.25) is 0 Å². The molecule has 2 unspecified atom stereocenters. The van der Waals surface area contributed by atoms with Crippen LogP contribution in [0.15, 0.2) is 0 Å². The lowest BCUT2D eigenvalue weighted by molar-refractivity contribution is -0.178. The zero-order valence-electron chi connectivity index (χ0n) is 9.22. The van der Waals surface area contributed by atoms with E-state index in [4.69, 9.17) is 0 Å². The largest absolute Gasteiger partial charge is 0.365 e. The lowest BCUT2D eigenvalue weighted by Crippen LogP contribution is -2.41. The van der Waals surface area contributed by atoms with Crippen molar-refractivity contribution in [2.24, 2.45) is 5.41 Å². The van der Waals surface area contributed by atoms with Crippen molar-refractivity contribution in [1.82, 2.24) is 0 Å². The first-order valence-corrected chi connectivity index (χ1v) is 4.65. The first-order valence-electron chi connectivity index (χ1n) is 4.65. The van der Waals surface area contributed by atoms with Gasteiger partial charge in [0, 0.05) is 7.11 Å². The first kappa shape index (κ1) is 12.8. The van der Waals surface area contributed by atoms with Crippen molar-refractivity contribution in [3.05, 3.63) is 0 Å². The van der Waals surface area contributed by atoms with Crippen molar-refractivity contribution in [3.63, 3.8) is 0 Å². The zero-order chi connectivity index (χ0) is 10.7. The molecule has 2 atom stereocenters. The van der Waals surface area contributed by atoms with Crippen LogP contribution in [0.1, 0.15) is 40.5 Å². The van der Waals surface area contributed by atoms with E-state index in [2.05, 4.69) is 4.74 Å². The highest BCUT2D eigenvalue weighted by Gasteiger charge is 2.40.